The first-order chi connectivity index (χ1) is 10.3. The van der Waals surface area contributed by atoms with E-state index < -0.39 is 6.23 Å². The quantitative estimate of drug-likeness (QED) is 0.619. The van der Waals surface area contributed by atoms with Crippen LogP contribution in [0.25, 0.3) is 11.2 Å². The summed E-state index contributed by atoms with van der Waals surface area (Å²) in [7, 11) is 0. The molecule has 0 saturated carbocycles. The van der Waals surface area contributed by atoms with Crippen LogP contribution in [0.15, 0.2) is 37.1 Å². The average molecular weight is 286 g/mol. The Labute approximate surface area is 119 Å². The highest BCUT2D eigenvalue weighted by Crippen LogP contribution is 2.16. The zero-order chi connectivity index (χ0) is 14.7. The van der Waals surface area contributed by atoms with Gasteiger partial charge in [-0.3, -0.25) is 15.0 Å². The minimum absolute atomic E-state index is 0.114. The lowest BCUT2D eigenvalue weighted by atomic mass is 10.3. The number of imidazole rings is 1. The molecule has 3 aromatic heterocycles. The van der Waals surface area contributed by atoms with Crippen LogP contribution in [0.2, 0.25) is 0 Å². The van der Waals surface area contributed by atoms with Crippen molar-refractivity contribution in [3.63, 3.8) is 0 Å². The number of ether oxygens (including phenoxy) is 1. The molecule has 3 heterocycles. The second-order valence-electron chi connectivity index (χ2n) is 4.30. The van der Waals surface area contributed by atoms with Crippen LogP contribution >= 0.6 is 0 Å². The van der Waals surface area contributed by atoms with Crippen molar-refractivity contribution in [1.82, 2.24) is 24.5 Å². The summed E-state index contributed by atoms with van der Waals surface area (Å²) in [6, 6.07) is 5.44. The normalized spacial score (nSPS) is 12.6. The van der Waals surface area contributed by atoms with E-state index in [1.165, 1.54) is 12.7 Å². The molecule has 8 heteroatoms. The molecule has 0 aliphatic heterocycles. The molecule has 0 bridgehead atoms. The molecule has 0 spiro atoms. The third-order valence-electron chi connectivity index (χ3n) is 2.98. The smallest absolute Gasteiger partial charge is 0.182 e. The summed E-state index contributed by atoms with van der Waals surface area (Å²) in [5, 5.41) is 17.2. The summed E-state index contributed by atoms with van der Waals surface area (Å²) in [4.78, 5) is 15.3. The molecule has 8 nitrogen and oxygen atoms in total. The monoisotopic (exact) mass is 286 g/mol. The molecule has 3 rings (SSSR count). The first-order valence-corrected chi connectivity index (χ1v) is 6.39. The van der Waals surface area contributed by atoms with Gasteiger partial charge in [-0.1, -0.05) is 6.07 Å². The number of hydrogen-bond acceptors (Lipinski definition) is 6. The van der Waals surface area contributed by atoms with Crippen LogP contribution in [-0.2, 0) is 4.74 Å². The highest BCUT2D eigenvalue weighted by atomic mass is 16.5. The van der Waals surface area contributed by atoms with Gasteiger partial charge in [0, 0.05) is 6.20 Å². The van der Waals surface area contributed by atoms with Crippen molar-refractivity contribution in [3.05, 3.63) is 48.2 Å². The van der Waals surface area contributed by atoms with Gasteiger partial charge in [0.25, 0.3) is 0 Å². The van der Waals surface area contributed by atoms with Crippen LogP contribution in [-0.4, -0.2) is 42.8 Å². The molecule has 0 aliphatic rings. The summed E-state index contributed by atoms with van der Waals surface area (Å²) >= 11 is 0. The first-order valence-electron chi connectivity index (χ1n) is 6.39. The molecule has 0 aliphatic carbocycles. The van der Waals surface area contributed by atoms with Crippen LogP contribution in [0.5, 0.6) is 0 Å². The van der Waals surface area contributed by atoms with E-state index in [9.17, 15) is 0 Å². The Hall–Kier alpha value is -2.58. The predicted molar refractivity (Wildman–Crippen MR) is 73.1 cm³/mol. The van der Waals surface area contributed by atoms with E-state index in [-0.39, 0.29) is 18.7 Å². The van der Waals surface area contributed by atoms with Gasteiger partial charge in [0.2, 0.25) is 0 Å². The number of aromatic nitrogens is 5. The standard InChI is InChI=1S/C13H14N6O2/c14-11-10-12(17-7-16-10)18-8-19(11)13(21-6-5-20)9-3-1-2-4-15-9/h1-4,7-8,13-14,20H,5-6H2,(H,16,17). The van der Waals surface area contributed by atoms with Gasteiger partial charge in [-0.05, 0) is 12.1 Å². The van der Waals surface area contributed by atoms with E-state index >= 15 is 0 Å². The molecular weight excluding hydrogens is 272 g/mol. The van der Waals surface area contributed by atoms with Crippen LogP contribution in [0.3, 0.4) is 0 Å². The molecular formula is C13H14N6O2. The van der Waals surface area contributed by atoms with Gasteiger partial charge < -0.3 is 14.8 Å². The highest BCUT2D eigenvalue weighted by molar-refractivity contribution is 5.67. The fourth-order valence-electron chi connectivity index (χ4n) is 2.04. The fourth-order valence-corrected chi connectivity index (χ4v) is 2.04. The predicted octanol–water partition coefficient (Wildman–Crippen LogP) is 0.190. The number of pyridine rings is 1. The number of aliphatic hydroxyl groups excluding tert-OH is 1. The van der Waals surface area contributed by atoms with E-state index in [1.807, 2.05) is 6.07 Å². The summed E-state index contributed by atoms with van der Waals surface area (Å²) in [5.74, 6) is 0. The maximum atomic E-state index is 8.98. The summed E-state index contributed by atoms with van der Waals surface area (Å²) in [5.41, 5.74) is 1.81. The molecule has 3 aromatic rings. The Morgan fingerprint density at radius 2 is 2.24 bits per heavy atom. The molecule has 3 N–H and O–H groups in total. The zero-order valence-corrected chi connectivity index (χ0v) is 11.1. The Bertz CT molecular complexity index is 782. The van der Waals surface area contributed by atoms with Crippen LogP contribution in [0.1, 0.15) is 11.9 Å². The number of hydrogen-bond donors (Lipinski definition) is 3. The van der Waals surface area contributed by atoms with Crippen molar-refractivity contribution in [1.29, 1.82) is 5.41 Å². The van der Waals surface area contributed by atoms with Crippen molar-refractivity contribution in [2.75, 3.05) is 13.2 Å². The molecule has 0 amide bonds. The minimum atomic E-state index is -0.633. The van der Waals surface area contributed by atoms with Gasteiger partial charge in [0.05, 0.1) is 25.2 Å². The maximum Gasteiger partial charge on any atom is 0.182 e. The van der Waals surface area contributed by atoms with Gasteiger partial charge in [-0.15, -0.1) is 0 Å². The Kier molecular flexibility index (Phi) is 3.71. The molecule has 0 fully saturated rings. The van der Waals surface area contributed by atoms with Crippen molar-refractivity contribution in [2.45, 2.75) is 6.23 Å². The van der Waals surface area contributed by atoms with Gasteiger partial charge in [0.15, 0.2) is 17.4 Å². The second-order valence-corrected chi connectivity index (χ2v) is 4.30. The largest absolute Gasteiger partial charge is 0.394 e. The lowest BCUT2D eigenvalue weighted by Crippen LogP contribution is -2.29. The summed E-state index contributed by atoms with van der Waals surface area (Å²) < 4.78 is 7.17. The number of fused-ring (bicyclic) bond motifs is 1. The molecule has 0 aromatic carbocycles. The summed E-state index contributed by atoms with van der Waals surface area (Å²) in [6.45, 7) is 0.0195. The third kappa shape index (κ3) is 2.54. The van der Waals surface area contributed by atoms with Gasteiger partial charge in [-0.2, -0.15) is 0 Å². The number of aromatic amines is 1. The summed E-state index contributed by atoms with van der Waals surface area (Å²) in [6.07, 6.45) is 4.00. The van der Waals surface area contributed by atoms with Crippen molar-refractivity contribution in [3.8, 4) is 0 Å². The minimum Gasteiger partial charge on any atom is -0.394 e. The molecule has 1 atom stereocenters. The molecule has 0 saturated heterocycles. The molecule has 21 heavy (non-hydrogen) atoms. The van der Waals surface area contributed by atoms with Crippen LogP contribution in [0.4, 0.5) is 0 Å². The average Bonchev–Trinajstić information content (AvgIpc) is 3.00. The number of nitrogens with one attached hydrogen (secondary N) is 2. The van der Waals surface area contributed by atoms with E-state index in [2.05, 4.69) is 19.9 Å². The van der Waals surface area contributed by atoms with Crippen molar-refractivity contribution in [2.24, 2.45) is 0 Å². The topological polar surface area (TPSA) is 113 Å². The number of rotatable bonds is 5. The Balaban J connectivity index is 2.09. The van der Waals surface area contributed by atoms with Crippen LogP contribution < -0.4 is 5.49 Å². The SMILES string of the molecule is N=c1c2[nH]cnc2ncn1C(OCCO)c1ccccn1. The lowest BCUT2D eigenvalue weighted by molar-refractivity contribution is 0.00537. The van der Waals surface area contributed by atoms with Gasteiger partial charge in [-0.25, -0.2) is 9.97 Å². The van der Waals surface area contributed by atoms with E-state index in [0.29, 0.717) is 16.9 Å². The van der Waals surface area contributed by atoms with Crippen LogP contribution in [0, 0.1) is 5.41 Å². The van der Waals surface area contributed by atoms with Crippen molar-refractivity contribution >= 4 is 11.2 Å². The Morgan fingerprint density at radius 1 is 1.33 bits per heavy atom. The molecule has 1 unspecified atom stereocenters. The first kappa shape index (κ1) is 13.4. The maximum absolute atomic E-state index is 8.98. The van der Waals surface area contributed by atoms with E-state index in [1.54, 1.807) is 22.9 Å². The Morgan fingerprint density at radius 3 is 3.00 bits per heavy atom. The molecule has 0 radical (unpaired) electrons. The number of aliphatic hydroxyl groups is 1. The molecule has 108 valence electrons. The highest BCUT2D eigenvalue weighted by Gasteiger charge is 2.17. The van der Waals surface area contributed by atoms with E-state index in [0.717, 1.165) is 0 Å². The zero-order valence-electron chi connectivity index (χ0n) is 11.1. The third-order valence-corrected chi connectivity index (χ3v) is 2.98. The number of H-pyrrole nitrogens is 1. The van der Waals surface area contributed by atoms with Crippen molar-refractivity contribution < 1.29 is 9.84 Å². The second kappa shape index (κ2) is 5.81. The van der Waals surface area contributed by atoms with E-state index in [4.69, 9.17) is 15.3 Å². The fraction of sp³-hybridized carbons (Fsp3) is 0.231. The number of nitrogens with zero attached hydrogens (tertiary/aromatic N) is 4. The van der Waals surface area contributed by atoms with Gasteiger partial charge in [0.1, 0.15) is 11.8 Å². The lowest BCUT2D eigenvalue weighted by Gasteiger charge is -2.19. The van der Waals surface area contributed by atoms with Gasteiger partial charge >= 0.3 is 0 Å².